The normalized spacial score (nSPS) is 17.8. The molecule has 116 valence electrons. The highest BCUT2D eigenvalue weighted by molar-refractivity contribution is 7.80. The molecule has 2 rings (SSSR count). The van der Waals surface area contributed by atoms with E-state index in [-0.39, 0.29) is 5.91 Å². The Balaban J connectivity index is 2.07. The van der Waals surface area contributed by atoms with Crippen LogP contribution < -0.4 is 16.2 Å². The topological polar surface area (TPSA) is 53.2 Å². The van der Waals surface area contributed by atoms with E-state index in [9.17, 15) is 4.79 Å². The van der Waals surface area contributed by atoms with Gasteiger partial charge in [-0.1, -0.05) is 20.8 Å². The van der Waals surface area contributed by atoms with Crippen LogP contribution in [0.1, 0.15) is 48.0 Å². The third kappa shape index (κ3) is 3.74. The fourth-order valence-electron chi connectivity index (χ4n) is 2.69. The van der Waals surface area contributed by atoms with Crippen LogP contribution in [0.4, 0.5) is 0 Å². The van der Waals surface area contributed by atoms with E-state index in [4.69, 9.17) is 12.2 Å². The van der Waals surface area contributed by atoms with Gasteiger partial charge in [-0.05, 0) is 48.4 Å². The van der Waals surface area contributed by atoms with E-state index in [2.05, 4.69) is 36.9 Å². The first kappa shape index (κ1) is 16.2. The second kappa shape index (κ2) is 6.32. The molecule has 3 N–H and O–H groups in total. The molecule has 0 aliphatic heterocycles. The van der Waals surface area contributed by atoms with Crippen molar-refractivity contribution >= 4 is 34.6 Å². The molecule has 6 heteroatoms. The molecule has 0 saturated carbocycles. The molecule has 1 amide bonds. The van der Waals surface area contributed by atoms with Crippen molar-refractivity contribution in [2.24, 2.45) is 11.3 Å². The number of carbonyl (C=O) groups excluding carboxylic acids is 1. The van der Waals surface area contributed by atoms with Crippen LogP contribution in [0.3, 0.4) is 0 Å². The Morgan fingerprint density at radius 3 is 2.71 bits per heavy atom. The maximum Gasteiger partial charge on any atom is 0.270 e. The second-order valence-electron chi connectivity index (χ2n) is 6.52. The molecule has 4 nitrogen and oxygen atoms in total. The van der Waals surface area contributed by atoms with Gasteiger partial charge in [-0.25, -0.2) is 0 Å². The van der Waals surface area contributed by atoms with Crippen molar-refractivity contribution in [2.75, 3.05) is 7.05 Å². The lowest BCUT2D eigenvalue weighted by Crippen LogP contribution is -2.45. The van der Waals surface area contributed by atoms with Gasteiger partial charge in [-0.3, -0.25) is 15.6 Å². The van der Waals surface area contributed by atoms with E-state index in [0.717, 1.165) is 24.8 Å². The molecule has 1 heterocycles. The van der Waals surface area contributed by atoms with Crippen LogP contribution in [-0.2, 0) is 12.8 Å². The molecule has 0 aromatic carbocycles. The third-order valence-corrected chi connectivity index (χ3v) is 5.50. The molecular weight excluding hydrogens is 302 g/mol. The number of carbonyl (C=O) groups is 1. The molecule has 0 saturated heterocycles. The Bertz CT molecular complexity index is 546. The zero-order valence-electron chi connectivity index (χ0n) is 13.0. The largest absolute Gasteiger partial charge is 0.364 e. The Kier molecular flexibility index (Phi) is 4.88. The van der Waals surface area contributed by atoms with Gasteiger partial charge < -0.3 is 5.32 Å². The van der Waals surface area contributed by atoms with Crippen molar-refractivity contribution in [1.29, 1.82) is 0 Å². The zero-order chi connectivity index (χ0) is 15.6. The minimum Gasteiger partial charge on any atom is -0.364 e. The van der Waals surface area contributed by atoms with E-state index in [1.54, 1.807) is 18.4 Å². The quantitative estimate of drug-likeness (QED) is 0.549. The van der Waals surface area contributed by atoms with Gasteiger partial charge in [0, 0.05) is 17.3 Å². The lowest BCUT2D eigenvalue weighted by molar-refractivity contribution is 0.0942. The summed E-state index contributed by atoms with van der Waals surface area (Å²) in [4.78, 5) is 13.6. The van der Waals surface area contributed by atoms with Gasteiger partial charge in [0.05, 0.1) is 5.56 Å². The fourth-order valence-corrected chi connectivity index (χ4v) is 3.90. The SMILES string of the molecule is CNC(=S)NNC(=O)c1csc2c1CCC(C(C)(C)C)C2. The smallest absolute Gasteiger partial charge is 0.270 e. The van der Waals surface area contributed by atoms with E-state index >= 15 is 0 Å². The summed E-state index contributed by atoms with van der Waals surface area (Å²) < 4.78 is 0. The molecule has 1 aliphatic rings. The number of fused-ring (bicyclic) bond motifs is 1. The minimum atomic E-state index is -0.112. The molecule has 0 bridgehead atoms. The number of nitrogens with one attached hydrogen (secondary N) is 3. The Labute approximate surface area is 135 Å². The summed E-state index contributed by atoms with van der Waals surface area (Å²) in [5.41, 5.74) is 7.65. The number of amides is 1. The molecule has 21 heavy (non-hydrogen) atoms. The number of thiocarbonyl (C=S) groups is 1. The molecule has 0 radical (unpaired) electrons. The molecule has 1 atom stereocenters. The number of rotatable bonds is 1. The van der Waals surface area contributed by atoms with E-state index in [1.165, 1.54) is 10.4 Å². The van der Waals surface area contributed by atoms with Crippen LogP contribution >= 0.6 is 23.6 Å². The fraction of sp³-hybridized carbons (Fsp3) is 0.600. The van der Waals surface area contributed by atoms with Gasteiger partial charge >= 0.3 is 0 Å². The van der Waals surface area contributed by atoms with Crippen LogP contribution in [0.2, 0.25) is 0 Å². The Morgan fingerprint density at radius 2 is 2.10 bits per heavy atom. The van der Waals surface area contributed by atoms with Crippen molar-refractivity contribution in [3.63, 3.8) is 0 Å². The second-order valence-corrected chi connectivity index (χ2v) is 7.89. The first-order chi connectivity index (χ1) is 9.82. The molecule has 0 fully saturated rings. The molecule has 1 unspecified atom stereocenters. The number of hydrogen-bond acceptors (Lipinski definition) is 3. The van der Waals surface area contributed by atoms with Gasteiger partial charge in [0.1, 0.15) is 0 Å². The summed E-state index contributed by atoms with van der Waals surface area (Å²) in [7, 11) is 1.71. The molecule has 0 spiro atoms. The number of hydrazine groups is 1. The van der Waals surface area contributed by atoms with Crippen molar-refractivity contribution < 1.29 is 4.79 Å². The van der Waals surface area contributed by atoms with E-state index in [1.807, 2.05) is 5.38 Å². The summed E-state index contributed by atoms with van der Waals surface area (Å²) in [5, 5.41) is 5.13. The zero-order valence-corrected chi connectivity index (χ0v) is 14.6. The van der Waals surface area contributed by atoms with E-state index < -0.39 is 0 Å². The van der Waals surface area contributed by atoms with Crippen molar-refractivity contribution in [3.05, 3.63) is 21.4 Å². The first-order valence-electron chi connectivity index (χ1n) is 7.20. The summed E-state index contributed by atoms with van der Waals surface area (Å²) >= 11 is 6.65. The van der Waals surface area contributed by atoms with Crippen molar-refractivity contribution in [2.45, 2.75) is 40.0 Å². The van der Waals surface area contributed by atoms with Gasteiger partial charge in [0.25, 0.3) is 5.91 Å². The van der Waals surface area contributed by atoms with Crippen molar-refractivity contribution in [3.8, 4) is 0 Å². The average Bonchev–Trinajstić information content (AvgIpc) is 2.86. The molecular formula is C15H23N3OS2. The average molecular weight is 326 g/mol. The lowest BCUT2D eigenvalue weighted by atomic mass is 9.72. The maximum absolute atomic E-state index is 12.2. The van der Waals surface area contributed by atoms with Crippen molar-refractivity contribution in [1.82, 2.24) is 16.2 Å². The maximum atomic E-state index is 12.2. The van der Waals surface area contributed by atoms with Crippen LogP contribution in [0.15, 0.2) is 5.38 Å². The third-order valence-electron chi connectivity index (χ3n) is 4.14. The predicted octanol–water partition coefficient (Wildman–Crippen LogP) is 2.64. The van der Waals surface area contributed by atoms with Crippen LogP contribution in [-0.4, -0.2) is 18.1 Å². The summed E-state index contributed by atoms with van der Waals surface area (Å²) in [6.45, 7) is 6.89. The Hall–Kier alpha value is -1.14. The molecule has 1 aliphatic carbocycles. The van der Waals surface area contributed by atoms with Crippen LogP contribution in [0.5, 0.6) is 0 Å². The van der Waals surface area contributed by atoms with Crippen LogP contribution in [0, 0.1) is 11.3 Å². The summed E-state index contributed by atoms with van der Waals surface area (Å²) in [5.74, 6) is 0.578. The van der Waals surface area contributed by atoms with Gasteiger partial charge in [0.15, 0.2) is 5.11 Å². The monoisotopic (exact) mass is 325 g/mol. The number of hydrogen-bond donors (Lipinski definition) is 3. The van der Waals surface area contributed by atoms with Crippen LogP contribution in [0.25, 0.3) is 0 Å². The molecule has 1 aromatic rings. The summed E-state index contributed by atoms with van der Waals surface area (Å²) in [6, 6.07) is 0. The number of thiophene rings is 1. The predicted molar refractivity (Wildman–Crippen MR) is 91.5 cm³/mol. The standard InChI is InChI=1S/C15H23N3OS2/c1-15(2,3)9-5-6-10-11(8-21-12(10)7-9)13(19)17-18-14(20)16-4/h8-9H,5-7H2,1-4H3,(H,17,19)(H2,16,18,20). The van der Waals surface area contributed by atoms with Gasteiger partial charge in [0.2, 0.25) is 0 Å². The summed E-state index contributed by atoms with van der Waals surface area (Å²) in [6.07, 6.45) is 3.22. The highest BCUT2D eigenvalue weighted by Crippen LogP contribution is 2.40. The first-order valence-corrected chi connectivity index (χ1v) is 8.49. The van der Waals surface area contributed by atoms with Gasteiger partial charge in [-0.2, -0.15) is 0 Å². The lowest BCUT2D eigenvalue weighted by Gasteiger charge is -2.34. The highest BCUT2D eigenvalue weighted by Gasteiger charge is 2.31. The molecule has 1 aromatic heterocycles. The van der Waals surface area contributed by atoms with Gasteiger partial charge in [-0.15, -0.1) is 11.3 Å². The van der Waals surface area contributed by atoms with E-state index in [0.29, 0.717) is 16.4 Å². The minimum absolute atomic E-state index is 0.112. The Morgan fingerprint density at radius 1 is 1.38 bits per heavy atom. The highest BCUT2D eigenvalue weighted by atomic mass is 32.1.